The first-order valence-corrected chi connectivity index (χ1v) is 6.16. The van der Waals surface area contributed by atoms with Crippen molar-refractivity contribution in [3.63, 3.8) is 0 Å². The van der Waals surface area contributed by atoms with Crippen LogP contribution in [0.3, 0.4) is 0 Å². The summed E-state index contributed by atoms with van der Waals surface area (Å²) in [6, 6.07) is 2.10. The standard InChI is InChI=1S/C12H12Cl2FNO3/c1-3-16(6-11(17)19-2)12(18)7-4-10(15)9(14)5-8(7)13/h4-5H,3,6H2,1-2H3. The summed E-state index contributed by atoms with van der Waals surface area (Å²) in [5.41, 5.74) is -0.0469. The van der Waals surface area contributed by atoms with Crippen LogP contribution in [-0.2, 0) is 9.53 Å². The molecule has 104 valence electrons. The maximum Gasteiger partial charge on any atom is 0.325 e. The molecule has 0 aliphatic carbocycles. The molecular formula is C12H12Cl2FNO3. The van der Waals surface area contributed by atoms with Crippen molar-refractivity contribution < 1.29 is 18.7 Å². The Kier molecular flexibility index (Phi) is 5.57. The Morgan fingerprint density at radius 2 is 1.95 bits per heavy atom. The lowest BCUT2D eigenvalue weighted by atomic mass is 10.2. The van der Waals surface area contributed by atoms with Crippen molar-refractivity contribution in [1.29, 1.82) is 0 Å². The van der Waals surface area contributed by atoms with E-state index in [1.807, 2.05) is 0 Å². The molecule has 1 amide bonds. The molecule has 0 saturated heterocycles. The Bertz CT molecular complexity index is 508. The Morgan fingerprint density at radius 3 is 2.47 bits per heavy atom. The van der Waals surface area contributed by atoms with Crippen LogP contribution in [0, 0.1) is 5.82 Å². The Balaban J connectivity index is 3.04. The second-order valence-electron chi connectivity index (χ2n) is 3.64. The third-order valence-electron chi connectivity index (χ3n) is 2.46. The predicted octanol–water partition coefficient (Wildman–Crippen LogP) is 2.77. The quantitative estimate of drug-likeness (QED) is 0.635. The fraction of sp³-hybridized carbons (Fsp3) is 0.333. The average Bonchev–Trinajstić information content (AvgIpc) is 2.39. The number of halogens is 3. The molecule has 0 saturated carbocycles. The number of carbonyl (C=O) groups excluding carboxylic acids is 2. The summed E-state index contributed by atoms with van der Waals surface area (Å²) in [6.45, 7) is 1.71. The molecular weight excluding hydrogens is 296 g/mol. The highest BCUT2D eigenvalue weighted by Gasteiger charge is 2.21. The summed E-state index contributed by atoms with van der Waals surface area (Å²) in [6.07, 6.45) is 0. The molecule has 1 aromatic rings. The van der Waals surface area contributed by atoms with Crippen LogP contribution in [0.1, 0.15) is 17.3 Å². The van der Waals surface area contributed by atoms with Crippen molar-refractivity contribution in [3.05, 3.63) is 33.6 Å². The van der Waals surface area contributed by atoms with E-state index >= 15 is 0 Å². The van der Waals surface area contributed by atoms with Crippen molar-refractivity contribution in [2.75, 3.05) is 20.2 Å². The Labute approximate surface area is 120 Å². The molecule has 0 bridgehead atoms. The zero-order valence-corrected chi connectivity index (χ0v) is 11.9. The van der Waals surface area contributed by atoms with Gasteiger partial charge in [-0.3, -0.25) is 9.59 Å². The van der Waals surface area contributed by atoms with Crippen LogP contribution >= 0.6 is 23.2 Å². The van der Waals surface area contributed by atoms with E-state index in [0.717, 1.165) is 12.1 Å². The topological polar surface area (TPSA) is 46.6 Å². The summed E-state index contributed by atoms with van der Waals surface area (Å²) >= 11 is 11.4. The van der Waals surface area contributed by atoms with E-state index in [-0.39, 0.29) is 28.7 Å². The molecule has 0 atom stereocenters. The molecule has 0 heterocycles. The smallest absolute Gasteiger partial charge is 0.325 e. The number of esters is 1. The molecule has 1 aromatic carbocycles. The lowest BCUT2D eigenvalue weighted by molar-refractivity contribution is -0.141. The van der Waals surface area contributed by atoms with Gasteiger partial charge in [-0.15, -0.1) is 0 Å². The highest BCUT2D eigenvalue weighted by Crippen LogP contribution is 2.25. The van der Waals surface area contributed by atoms with Crippen LogP contribution in [-0.4, -0.2) is 37.0 Å². The molecule has 0 aromatic heterocycles. The fourth-order valence-corrected chi connectivity index (χ4v) is 1.87. The van der Waals surface area contributed by atoms with E-state index in [1.165, 1.54) is 12.0 Å². The molecule has 0 fully saturated rings. The second-order valence-corrected chi connectivity index (χ2v) is 4.46. The highest BCUT2D eigenvalue weighted by molar-refractivity contribution is 6.36. The van der Waals surface area contributed by atoms with Gasteiger partial charge in [-0.25, -0.2) is 4.39 Å². The molecule has 0 aliphatic rings. The fourth-order valence-electron chi connectivity index (χ4n) is 1.40. The minimum absolute atomic E-state index is 0.0275. The van der Waals surface area contributed by atoms with Gasteiger partial charge in [-0.1, -0.05) is 23.2 Å². The number of methoxy groups -OCH3 is 1. The summed E-state index contributed by atoms with van der Waals surface area (Å²) in [7, 11) is 1.22. The van der Waals surface area contributed by atoms with E-state index in [1.54, 1.807) is 6.92 Å². The third kappa shape index (κ3) is 3.81. The molecule has 0 spiro atoms. The molecule has 19 heavy (non-hydrogen) atoms. The van der Waals surface area contributed by atoms with Gasteiger partial charge in [0.05, 0.1) is 22.7 Å². The minimum Gasteiger partial charge on any atom is -0.468 e. The van der Waals surface area contributed by atoms with Gasteiger partial charge in [0.15, 0.2) is 0 Å². The normalized spacial score (nSPS) is 10.2. The number of hydrogen-bond acceptors (Lipinski definition) is 3. The Morgan fingerprint density at radius 1 is 1.32 bits per heavy atom. The number of likely N-dealkylation sites (N-methyl/N-ethyl adjacent to an activating group) is 1. The lowest BCUT2D eigenvalue weighted by Gasteiger charge is -2.20. The monoisotopic (exact) mass is 307 g/mol. The van der Waals surface area contributed by atoms with Crippen molar-refractivity contribution in [2.45, 2.75) is 6.92 Å². The maximum absolute atomic E-state index is 13.4. The first-order valence-electron chi connectivity index (χ1n) is 5.41. The molecule has 4 nitrogen and oxygen atoms in total. The molecule has 0 aliphatic heterocycles. The second kappa shape index (κ2) is 6.73. The maximum atomic E-state index is 13.4. The number of amides is 1. The first kappa shape index (κ1) is 15.7. The summed E-state index contributed by atoms with van der Waals surface area (Å²) in [5.74, 6) is -1.88. The summed E-state index contributed by atoms with van der Waals surface area (Å²) in [5, 5.41) is -0.141. The van der Waals surface area contributed by atoms with E-state index in [2.05, 4.69) is 4.74 Å². The van der Waals surface area contributed by atoms with Crippen molar-refractivity contribution in [1.82, 2.24) is 4.90 Å². The zero-order chi connectivity index (χ0) is 14.6. The number of ether oxygens (including phenoxy) is 1. The predicted molar refractivity (Wildman–Crippen MR) is 70.0 cm³/mol. The molecule has 0 N–H and O–H groups in total. The summed E-state index contributed by atoms with van der Waals surface area (Å²) in [4.78, 5) is 24.5. The molecule has 7 heteroatoms. The minimum atomic E-state index is -0.747. The van der Waals surface area contributed by atoms with E-state index in [9.17, 15) is 14.0 Å². The van der Waals surface area contributed by atoms with Gasteiger partial charge >= 0.3 is 5.97 Å². The van der Waals surface area contributed by atoms with Crippen molar-refractivity contribution >= 4 is 35.1 Å². The van der Waals surface area contributed by atoms with E-state index in [0.29, 0.717) is 0 Å². The van der Waals surface area contributed by atoms with Gasteiger partial charge < -0.3 is 9.64 Å². The largest absolute Gasteiger partial charge is 0.468 e. The zero-order valence-electron chi connectivity index (χ0n) is 10.4. The van der Waals surface area contributed by atoms with Crippen LogP contribution in [0.15, 0.2) is 12.1 Å². The van der Waals surface area contributed by atoms with Crippen LogP contribution in [0.2, 0.25) is 10.0 Å². The highest BCUT2D eigenvalue weighted by atomic mass is 35.5. The molecule has 1 rings (SSSR count). The lowest BCUT2D eigenvalue weighted by Crippen LogP contribution is -2.36. The molecule has 0 radical (unpaired) electrons. The average molecular weight is 308 g/mol. The van der Waals surface area contributed by atoms with Crippen molar-refractivity contribution in [3.8, 4) is 0 Å². The summed E-state index contributed by atoms with van der Waals surface area (Å²) < 4.78 is 17.8. The van der Waals surface area contributed by atoms with E-state index < -0.39 is 17.7 Å². The third-order valence-corrected chi connectivity index (χ3v) is 3.06. The van der Waals surface area contributed by atoms with Gasteiger partial charge in [0.25, 0.3) is 5.91 Å². The first-order chi connectivity index (χ1) is 8.90. The van der Waals surface area contributed by atoms with E-state index in [4.69, 9.17) is 23.2 Å². The van der Waals surface area contributed by atoms with Gasteiger partial charge in [-0.05, 0) is 19.1 Å². The number of carbonyl (C=O) groups is 2. The van der Waals surface area contributed by atoms with Crippen LogP contribution in [0.5, 0.6) is 0 Å². The van der Waals surface area contributed by atoms with Crippen LogP contribution in [0.25, 0.3) is 0 Å². The van der Waals surface area contributed by atoms with Gasteiger partial charge in [0.2, 0.25) is 0 Å². The van der Waals surface area contributed by atoms with Crippen molar-refractivity contribution in [2.24, 2.45) is 0 Å². The van der Waals surface area contributed by atoms with Gasteiger partial charge in [-0.2, -0.15) is 0 Å². The number of hydrogen-bond donors (Lipinski definition) is 0. The SMILES string of the molecule is CCN(CC(=O)OC)C(=O)c1cc(F)c(Cl)cc1Cl. The van der Waals surface area contributed by atoms with Crippen LogP contribution in [0.4, 0.5) is 4.39 Å². The number of benzene rings is 1. The Hall–Kier alpha value is -1.33. The van der Waals surface area contributed by atoms with Gasteiger partial charge in [0, 0.05) is 6.54 Å². The van der Waals surface area contributed by atoms with Crippen LogP contribution < -0.4 is 0 Å². The number of rotatable bonds is 4. The molecule has 0 unspecified atom stereocenters. The number of nitrogens with zero attached hydrogens (tertiary/aromatic N) is 1. The van der Waals surface area contributed by atoms with Gasteiger partial charge in [0.1, 0.15) is 12.4 Å².